The summed E-state index contributed by atoms with van der Waals surface area (Å²) in [6.45, 7) is 18.2. The first kappa shape index (κ1) is 23.5. The molecule has 1 aliphatic heterocycles. The summed E-state index contributed by atoms with van der Waals surface area (Å²) < 4.78 is 18.4. The zero-order valence-corrected chi connectivity index (χ0v) is 19.1. The van der Waals surface area contributed by atoms with Gasteiger partial charge in [-0.05, 0) is 57.2 Å². The molecule has 1 heterocycles. The predicted octanol–water partition coefficient (Wildman–Crippen LogP) is 5.48. The Morgan fingerprint density at radius 1 is 1.15 bits per heavy atom. The largest absolute Gasteiger partial charge is 0.417 e. The summed E-state index contributed by atoms with van der Waals surface area (Å²) in [5.41, 5.74) is 0. The van der Waals surface area contributed by atoms with E-state index in [-0.39, 0.29) is 17.2 Å². The molecule has 0 bridgehead atoms. The Kier molecular flexibility index (Phi) is 8.72. The SMILES string of the molecule is C[C@H](CCC=O)[C@H]1OC(C)(C)O[C@@H]1C/C=C\CCO[Si](C)(C)C(C)(C)C. The minimum Gasteiger partial charge on any atom is -0.417 e. The number of ether oxygens (including phenoxy) is 2. The van der Waals surface area contributed by atoms with E-state index in [9.17, 15) is 4.79 Å². The molecule has 0 unspecified atom stereocenters. The maximum absolute atomic E-state index is 10.6. The smallest absolute Gasteiger partial charge is 0.191 e. The molecule has 1 aliphatic rings. The molecule has 152 valence electrons. The molecule has 0 aromatic carbocycles. The van der Waals surface area contributed by atoms with Crippen molar-refractivity contribution in [2.45, 2.75) is 103 Å². The quantitative estimate of drug-likeness (QED) is 0.216. The average molecular weight is 385 g/mol. The third-order valence-corrected chi connectivity index (χ3v) is 10.1. The summed E-state index contributed by atoms with van der Waals surface area (Å²) in [5.74, 6) is -0.244. The fourth-order valence-electron chi connectivity index (χ4n) is 2.97. The molecule has 26 heavy (non-hydrogen) atoms. The molecule has 5 heteroatoms. The lowest BCUT2D eigenvalue weighted by atomic mass is 9.93. The van der Waals surface area contributed by atoms with Crippen molar-refractivity contribution >= 4 is 14.6 Å². The molecular weight excluding hydrogens is 344 g/mol. The van der Waals surface area contributed by atoms with Crippen LogP contribution in [0.15, 0.2) is 12.2 Å². The number of carbonyl (C=O) groups is 1. The van der Waals surface area contributed by atoms with Gasteiger partial charge in [-0.1, -0.05) is 39.8 Å². The normalized spacial score (nSPS) is 24.9. The number of aldehydes is 1. The summed E-state index contributed by atoms with van der Waals surface area (Å²) in [4.78, 5) is 10.6. The second-order valence-electron chi connectivity index (χ2n) is 9.46. The van der Waals surface area contributed by atoms with Crippen LogP contribution in [0.2, 0.25) is 18.1 Å². The van der Waals surface area contributed by atoms with Crippen molar-refractivity contribution in [3.63, 3.8) is 0 Å². The molecule has 1 fully saturated rings. The highest BCUT2D eigenvalue weighted by Gasteiger charge is 2.42. The van der Waals surface area contributed by atoms with Crippen molar-refractivity contribution in [1.29, 1.82) is 0 Å². The van der Waals surface area contributed by atoms with E-state index in [1.165, 1.54) is 0 Å². The van der Waals surface area contributed by atoms with Crippen molar-refractivity contribution < 1.29 is 18.7 Å². The van der Waals surface area contributed by atoms with Crippen LogP contribution < -0.4 is 0 Å². The average Bonchev–Trinajstić information content (AvgIpc) is 2.82. The molecule has 0 aromatic rings. The Labute approximate surface area is 161 Å². The van der Waals surface area contributed by atoms with Gasteiger partial charge in [0.05, 0.1) is 12.2 Å². The van der Waals surface area contributed by atoms with E-state index in [1.807, 2.05) is 13.8 Å². The van der Waals surface area contributed by atoms with Crippen molar-refractivity contribution in [1.82, 2.24) is 0 Å². The number of rotatable bonds is 10. The standard InChI is InChI=1S/C21H40O4Si/c1-17(13-12-15-22)19-18(24-21(5,6)25-19)14-10-9-11-16-23-26(7,8)20(2,3)4/h9-10,15,17-19H,11-14,16H2,1-8H3/b10-9-/t17-,18-,19-/m1/s1. The molecule has 4 nitrogen and oxygen atoms in total. The van der Waals surface area contributed by atoms with Crippen LogP contribution in [0.4, 0.5) is 0 Å². The van der Waals surface area contributed by atoms with E-state index in [4.69, 9.17) is 13.9 Å². The highest BCUT2D eigenvalue weighted by Crippen LogP contribution is 2.37. The lowest BCUT2D eigenvalue weighted by molar-refractivity contribution is -0.150. The number of carbonyl (C=O) groups excluding carboxylic acids is 1. The van der Waals surface area contributed by atoms with Crippen molar-refractivity contribution in [2.75, 3.05) is 6.61 Å². The zero-order valence-electron chi connectivity index (χ0n) is 18.1. The van der Waals surface area contributed by atoms with Gasteiger partial charge < -0.3 is 18.7 Å². The van der Waals surface area contributed by atoms with Crippen LogP contribution >= 0.6 is 0 Å². The fraction of sp³-hybridized carbons (Fsp3) is 0.857. The molecule has 3 atom stereocenters. The highest BCUT2D eigenvalue weighted by atomic mass is 28.4. The van der Waals surface area contributed by atoms with E-state index in [1.54, 1.807) is 0 Å². The van der Waals surface area contributed by atoms with Crippen molar-refractivity contribution in [2.24, 2.45) is 5.92 Å². The van der Waals surface area contributed by atoms with Crippen LogP contribution in [0, 0.1) is 5.92 Å². The van der Waals surface area contributed by atoms with E-state index < -0.39 is 14.1 Å². The monoisotopic (exact) mass is 384 g/mol. The third-order valence-electron chi connectivity index (χ3n) is 5.61. The Morgan fingerprint density at radius 2 is 1.81 bits per heavy atom. The van der Waals surface area contributed by atoms with E-state index in [0.29, 0.717) is 12.3 Å². The molecule has 0 radical (unpaired) electrons. The van der Waals surface area contributed by atoms with E-state index >= 15 is 0 Å². The van der Waals surface area contributed by atoms with Crippen LogP contribution in [-0.4, -0.2) is 39.2 Å². The maximum Gasteiger partial charge on any atom is 0.191 e. The van der Waals surface area contributed by atoms with Gasteiger partial charge in [0.15, 0.2) is 14.1 Å². The molecule has 1 saturated heterocycles. The second kappa shape index (κ2) is 9.63. The Morgan fingerprint density at radius 3 is 2.38 bits per heavy atom. The maximum atomic E-state index is 10.6. The molecule has 1 rings (SSSR count). The highest BCUT2D eigenvalue weighted by molar-refractivity contribution is 6.74. The molecule has 0 spiro atoms. The summed E-state index contributed by atoms with van der Waals surface area (Å²) in [6.07, 6.45) is 8.62. The molecule has 0 aromatic heterocycles. The summed E-state index contributed by atoms with van der Waals surface area (Å²) in [7, 11) is -1.66. The Bertz CT molecular complexity index is 465. The van der Waals surface area contributed by atoms with Crippen LogP contribution in [0.5, 0.6) is 0 Å². The van der Waals surface area contributed by atoms with Gasteiger partial charge >= 0.3 is 0 Å². The van der Waals surface area contributed by atoms with Gasteiger partial charge in [-0.3, -0.25) is 0 Å². The minimum absolute atomic E-state index is 0.0399. The third kappa shape index (κ3) is 7.26. The van der Waals surface area contributed by atoms with Gasteiger partial charge in [-0.15, -0.1) is 0 Å². The Balaban J connectivity index is 2.46. The molecule has 0 N–H and O–H groups in total. The van der Waals surface area contributed by atoms with Gasteiger partial charge in [0.2, 0.25) is 0 Å². The lowest BCUT2D eigenvalue weighted by Gasteiger charge is -2.36. The van der Waals surface area contributed by atoms with Crippen LogP contribution in [0.1, 0.15) is 67.2 Å². The number of hydrogen-bond acceptors (Lipinski definition) is 4. The first-order valence-corrected chi connectivity index (χ1v) is 12.9. The van der Waals surface area contributed by atoms with Crippen LogP contribution in [0.25, 0.3) is 0 Å². The predicted molar refractivity (Wildman–Crippen MR) is 110 cm³/mol. The molecular formula is C21H40O4Si. The summed E-state index contributed by atoms with van der Waals surface area (Å²) in [5, 5.41) is 0.252. The van der Waals surface area contributed by atoms with Gasteiger partial charge in [0.1, 0.15) is 6.29 Å². The number of hydrogen-bond donors (Lipinski definition) is 0. The summed E-state index contributed by atoms with van der Waals surface area (Å²) in [6, 6.07) is 0. The van der Waals surface area contributed by atoms with Crippen LogP contribution in [-0.2, 0) is 18.7 Å². The topological polar surface area (TPSA) is 44.8 Å². The minimum atomic E-state index is -1.66. The van der Waals surface area contributed by atoms with Gasteiger partial charge in [0.25, 0.3) is 0 Å². The molecule has 0 saturated carbocycles. The Hall–Kier alpha value is -0.493. The first-order valence-electron chi connectivity index (χ1n) is 9.98. The fourth-order valence-corrected chi connectivity index (χ4v) is 4.03. The first-order chi connectivity index (χ1) is 11.9. The van der Waals surface area contributed by atoms with Gasteiger partial charge in [0, 0.05) is 13.0 Å². The zero-order chi connectivity index (χ0) is 20.0. The molecule has 0 amide bonds. The van der Waals surface area contributed by atoms with Gasteiger partial charge in [-0.25, -0.2) is 0 Å². The second-order valence-corrected chi connectivity index (χ2v) is 14.3. The lowest BCUT2D eigenvalue weighted by Crippen LogP contribution is -2.40. The molecule has 0 aliphatic carbocycles. The summed E-state index contributed by atoms with van der Waals surface area (Å²) >= 11 is 0. The van der Waals surface area contributed by atoms with Crippen LogP contribution in [0.3, 0.4) is 0 Å². The van der Waals surface area contributed by atoms with E-state index in [0.717, 1.165) is 32.2 Å². The van der Waals surface area contributed by atoms with Crippen molar-refractivity contribution in [3.05, 3.63) is 12.2 Å². The van der Waals surface area contributed by atoms with E-state index in [2.05, 4.69) is 52.9 Å². The van der Waals surface area contributed by atoms with Crippen molar-refractivity contribution in [3.8, 4) is 0 Å². The van der Waals surface area contributed by atoms with Gasteiger partial charge in [-0.2, -0.15) is 0 Å².